The first-order valence-electron chi connectivity index (χ1n) is 7.05. The van der Waals surface area contributed by atoms with Crippen LogP contribution in [0.1, 0.15) is 11.1 Å². The van der Waals surface area contributed by atoms with Crippen molar-refractivity contribution in [2.45, 2.75) is 12.7 Å². The average molecular weight is 409 g/mol. The molecule has 0 unspecified atom stereocenters. The zero-order chi connectivity index (χ0) is 17.2. The smallest absolute Gasteiger partial charge is 0.324 e. The molecule has 0 saturated carbocycles. The highest BCUT2D eigenvalue weighted by Gasteiger charge is 2.13. The molecule has 2 N–H and O–H groups in total. The molecule has 0 bridgehead atoms. The Morgan fingerprint density at radius 2 is 1.79 bits per heavy atom. The molecule has 0 aliphatic carbocycles. The van der Waals surface area contributed by atoms with E-state index in [1.807, 2.05) is 24.3 Å². The summed E-state index contributed by atoms with van der Waals surface area (Å²) in [5.41, 5.74) is 2.38. The number of tetrazole rings is 1. The van der Waals surface area contributed by atoms with E-state index in [2.05, 4.69) is 31.3 Å². The fraction of sp³-hybridized carbons (Fsp3) is 0.133. The topological polar surface area (TPSA) is 101 Å². The Morgan fingerprint density at radius 3 is 2.46 bits per heavy atom. The van der Waals surface area contributed by atoms with Crippen LogP contribution in [-0.2, 0) is 17.3 Å². The summed E-state index contributed by atoms with van der Waals surface area (Å²) in [7, 11) is -4.05. The van der Waals surface area contributed by atoms with Crippen molar-refractivity contribution in [1.82, 2.24) is 20.2 Å². The van der Waals surface area contributed by atoms with Gasteiger partial charge < -0.3 is 9.79 Å². The van der Waals surface area contributed by atoms with Gasteiger partial charge in [0.25, 0.3) is 0 Å². The molecule has 7 nitrogen and oxygen atoms in total. The van der Waals surface area contributed by atoms with Crippen LogP contribution >= 0.6 is 23.5 Å². The fourth-order valence-electron chi connectivity index (χ4n) is 2.20. The van der Waals surface area contributed by atoms with Crippen molar-refractivity contribution in [3.8, 4) is 11.4 Å². The van der Waals surface area contributed by atoms with Crippen LogP contribution in [0.5, 0.6) is 0 Å². The van der Waals surface area contributed by atoms with Gasteiger partial charge in [0.15, 0.2) is 0 Å². The highest BCUT2D eigenvalue weighted by Crippen LogP contribution is 2.38. The highest BCUT2D eigenvalue weighted by atomic mass is 79.9. The van der Waals surface area contributed by atoms with Gasteiger partial charge in [-0.1, -0.05) is 52.3 Å². The summed E-state index contributed by atoms with van der Waals surface area (Å²) >= 11 is 3.41. The summed E-state index contributed by atoms with van der Waals surface area (Å²) in [6.07, 6.45) is -0.262. The van der Waals surface area contributed by atoms with Crippen molar-refractivity contribution in [2.24, 2.45) is 0 Å². The number of rotatable bonds is 5. The molecule has 24 heavy (non-hydrogen) atoms. The van der Waals surface area contributed by atoms with Crippen LogP contribution in [-0.4, -0.2) is 30.0 Å². The molecule has 0 atom stereocenters. The third-order valence-corrected chi connectivity index (χ3v) is 4.54. The minimum absolute atomic E-state index is 0.262. The Morgan fingerprint density at radius 1 is 1.08 bits per heavy atom. The molecule has 124 valence electrons. The molecule has 0 saturated heterocycles. The highest BCUT2D eigenvalue weighted by molar-refractivity contribution is 9.10. The second kappa shape index (κ2) is 6.94. The molecule has 1 heterocycles. The van der Waals surface area contributed by atoms with Gasteiger partial charge in [-0.3, -0.25) is 4.57 Å². The maximum atomic E-state index is 11.0. The Balaban J connectivity index is 1.72. The maximum absolute atomic E-state index is 11.0. The lowest BCUT2D eigenvalue weighted by atomic mass is 10.1. The zero-order valence-corrected chi connectivity index (χ0v) is 14.9. The van der Waals surface area contributed by atoms with Crippen LogP contribution < -0.4 is 0 Å². The lowest BCUT2D eigenvalue weighted by Crippen LogP contribution is -2.04. The summed E-state index contributed by atoms with van der Waals surface area (Å²) in [6.45, 7) is 0.428. The Labute approximate surface area is 146 Å². The third-order valence-electron chi connectivity index (χ3n) is 3.27. The molecular formula is C15H14BrN4O3P. The largest absolute Gasteiger partial charge is 0.329 e. The molecule has 0 radical (unpaired) electrons. The normalized spacial score (nSPS) is 11.6. The number of halogens is 1. The molecule has 2 aromatic carbocycles. The van der Waals surface area contributed by atoms with E-state index in [9.17, 15) is 4.57 Å². The summed E-state index contributed by atoms with van der Waals surface area (Å²) in [5, 5.41) is 12.4. The van der Waals surface area contributed by atoms with Crippen LogP contribution in [0, 0.1) is 0 Å². The first kappa shape index (κ1) is 17.0. The van der Waals surface area contributed by atoms with Gasteiger partial charge in [0, 0.05) is 10.0 Å². The van der Waals surface area contributed by atoms with Crippen molar-refractivity contribution in [3.05, 3.63) is 64.1 Å². The molecule has 9 heteroatoms. The Kier molecular flexibility index (Phi) is 4.91. The van der Waals surface area contributed by atoms with Crippen molar-refractivity contribution < 1.29 is 14.4 Å². The van der Waals surface area contributed by atoms with Crippen molar-refractivity contribution in [3.63, 3.8) is 0 Å². The molecule has 3 aromatic rings. The maximum Gasteiger partial charge on any atom is 0.329 e. The van der Waals surface area contributed by atoms with E-state index in [1.165, 1.54) is 4.80 Å². The minimum atomic E-state index is -4.05. The predicted octanol–water partition coefficient (Wildman–Crippen LogP) is 2.83. The monoisotopic (exact) mass is 408 g/mol. The van der Waals surface area contributed by atoms with E-state index < -0.39 is 7.60 Å². The molecule has 0 spiro atoms. The number of aromatic nitrogens is 4. The van der Waals surface area contributed by atoms with Crippen molar-refractivity contribution in [1.29, 1.82) is 0 Å². The number of nitrogens with zero attached hydrogens (tertiary/aromatic N) is 4. The molecule has 0 aliphatic rings. The lowest BCUT2D eigenvalue weighted by molar-refractivity contribution is 0.371. The van der Waals surface area contributed by atoms with E-state index in [1.54, 1.807) is 24.3 Å². The summed E-state index contributed by atoms with van der Waals surface area (Å²) in [6, 6.07) is 14.6. The Bertz CT molecular complexity index is 892. The van der Waals surface area contributed by atoms with E-state index in [4.69, 9.17) is 9.79 Å². The molecular weight excluding hydrogens is 395 g/mol. The second-order valence-corrected chi connectivity index (χ2v) is 7.85. The van der Waals surface area contributed by atoms with Gasteiger partial charge >= 0.3 is 7.60 Å². The molecule has 0 amide bonds. The fourth-order valence-corrected chi connectivity index (χ4v) is 3.29. The standard InChI is InChI=1S/C15H14BrN4O3P/c16-14-3-1-2-13(8-14)15-17-19-20(18-15)9-11-4-6-12(7-5-11)10-24(21,22)23/h1-8H,9-10H2,(H2,21,22,23). The number of hydrogen-bond donors (Lipinski definition) is 2. The minimum Gasteiger partial charge on any atom is -0.324 e. The van der Waals surface area contributed by atoms with E-state index in [0.29, 0.717) is 17.9 Å². The summed E-state index contributed by atoms with van der Waals surface area (Å²) < 4.78 is 11.9. The van der Waals surface area contributed by atoms with Crippen LogP contribution in [0.4, 0.5) is 0 Å². The molecule has 1 aromatic heterocycles. The molecule has 0 fully saturated rings. The first-order valence-corrected chi connectivity index (χ1v) is 9.64. The van der Waals surface area contributed by atoms with Crippen molar-refractivity contribution in [2.75, 3.05) is 0 Å². The predicted molar refractivity (Wildman–Crippen MR) is 92.2 cm³/mol. The van der Waals surface area contributed by atoms with Gasteiger partial charge in [0.05, 0.1) is 12.7 Å². The van der Waals surface area contributed by atoms with Crippen molar-refractivity contribution >= 4 is 23.5 Å². The quantitative estimate of drug-likeness (QED) is 0.629. The van der Waals surface area contributed by atoms with Crippen LogP contribution in [0.2, 0.25) is 0 Å². The zero-order valence-electron chi connectivity index (χ0n) is 12.4. The Hall–Kier alpha value is -1.86. The van der Waals surface area contributed by atoms with Crippen LogP contribution in [0.3, 0.4) is 0 Å². The number of benzene rings is 2. The summed E-state index contributed by atoms with van der Waals surface area (Å²) in [5.74, 6) is 0.536. The van der Waals surface area contributed by atoms with Gasteiger partial charge in [-0.2, -0.15) is 4.80 Å². The van der Waals surface area contributed by atoms with Gasteiger partial charge in [0.1, 0.15) is 0 Å². The van der Waals surface area contributed by atoms with E-state index in [0.717, 1.165) is 15.6 Å². The SMILES string of the molecule is O=P(O)(O)Cc1ccc(Cn2nnc(-c3cccc(Br)c3)n2)cc1. The lowest BCUT2D eigenvalue weighted by Gasteiger charge is -2.05. The van der Waals surface area contributed by atoms with E-state index >= 15 is 0 Å². The molecule has 3 rings (SSSR count). The average Bonchev–Trinajstić information content (AvgIpc) is 2.96. The number of hydrogen-bond acceptors (Lipinski definition) is 4. The molecule has 0 aliphatic heterocycles. The van der Waals surface area contributed by atoms with Gasteiger partial charge in [-0.05, 0) is 28.5 Å². The third kappa shape index (κ3) is 4.58. The first-order chi connectivity index (χ1) is 11.4. The van der Waals surface area contributed by atoms with Gasteiger partial charge in [-0.25, -0.2) is 0 Å². The van der Waals surface area contributed by atoms with E-state index in [-0.39, 0.29) is 6.16 Å². The summed E-state index contributed by atoms with van der Waals surface area (Å²) in [4.78, 5) is 19.4. The second-order valence-electron chi connectivity index (χ2n) is 5.29. The van der Waals surface area contributed by atoms with Gasteiger partial charge in [0.2, 0.25) is 5.82 Å². The van der Waals surface area contributed by atoms with Crippen LogP contribution in [0.25, 0.3) is 11.4 Å². The van der Waals surface area contributed by atoms with Gasteiger partial charge in [-0.15, -0.1) is 10.2 Å². The van der Waals surface area contributed by atoms with Crippen LogP contribution in [0.15, 0.2) is 53.0 Å².